The maximum atomic E-state index is 13.5. The SMILES string of the molecule is COc1c(NC(=O)c2ccc(C)c(-n3cc(-c4cnc(N5CCOCC5)s4)nn3)c2)cc(C(C)(C)C)cc1NS(C)(=O)=O. The predicted molar refractivity (Wildman–Crippen MR) is 168 cm³/mol. The van der Waals surface area contributed by atoms with Gasteiger partial charge < -0.3 is 19.7 Å². The molecule has 3 heterocycles. The van der Waals surface area contributed by atoms with Crippen LogP contribution in [0.5, 0.6) is 5.75 Å². The van der Waals surface area contributed by atoms with Crippen molar-refractivity contribution in [3.05, 3.63) is 59.4 Å². The molecule has 1 aliphatic rings. The van der Waals surface area contributed by atoms with E-state index in [1.807, 2.05) is 40.0 Å². The number of ether oxygens (including phenoxy) is 2. The second-order valence-corrected chi connectivity index (χ2v) is 14.1. The second kappa shape index (κ2) is 11.9. The third-order valence-corrected chi connectivity index (χ3v) is 8.61. The van der Waals surface area contributed by atoms with Gasteiger partial charge in [-0.2, -0.15) is 0 Å². The van der Waals surface area contributed by atoms with Crippen molar-refractivity contribution in [1.82, 2.24) is 20.0 Å². The summed E-state index contributed by atoms with van der Waals surface area (Å²) < 4.78 is 39.3. The Balaban J connectivity index is 1.42. The van der Waals surface area contributed by atoms with E-state index in [9.17, 15) is 13.2 Å². The fourth-order valence-electron chi connectivity index (χ4n) is 4.62. The Morgan fingerprint density at radius 2 is 1.84 bits per heavy atom. The number of anilines is 3. The molecule has 1 fully saturated rings. The number of carbonyl (C=O) groups is 1. The molecule has 1 aliphatic heterocycles. The molecular formula is C29H35N7O5S2. The molecule has 0 spiro atoms. The molecule has 0 atom stereocenters. The van der Waals surface area contributed by atoms with Gasteiger partial charge in [0.2, 0.25) is 10.0 Å². The number of aryl methyl sites for hydroxylation is 1. The Morgan fingerprint density at radius 3 is 2.51 bits per heavy atom. The van der Waals surface area contributed by atoms with Crippen LogP contribution in [0, 0.1) is 6.92 Å². The Bertz CT molecular complexity index is 1750. The van der Waals surface area contributed by atoms with Crippen molar-refractivity contribution < 1.29 is 22.7 Å². The molecule has 0 bridgehead atoms. The highest BCUT2D eigenvalue weighted by molar-refractivity contribution is 7.92. The summed E-state index contributed by atoms with van der Waals surface area (Å²) in [6.07, 6.45) is 4.68. The Hall–Kier alpha value is -4.01. The summed E-state index contributed by atoms with van der Waals surface area (Å²) in [5, 5.41) is 12.5. The van der Waals surface area contributed by atoms with Crippen LogP contribution in [0.25, 0.3) is 16.3 Å². The lowest BCUT2D eigenvalue weighted by Gasteiger charge is -2.25. The first-order valence-electron chi connectivity index (χ1n) is 13.7. The number of hydrogen-bond acceptors (Lipinski definition) is 10. The van der Waals surface area contributed by atoms with Crippen molar-refractivity contribution in [1.29, 1.82) is 0 Å². The van der Waals surface area contributed by atoms with Gasteiger partial charge in [0.1, 0.15) is 5.69 Å². The van der Waals surface area contributed by atoms with E-state index in [1.165, 1.54) is 7.11 Å². The average Bonchev–Trinajstić information content (AvgIpc) is 3.63. The smallest absolute Gasteiger partial charge is 0.255 e. The van der Waals surface area contributed by atoms with Crippen LogP contribution in [0.3, 0.4) is 0 Å². The van der Waals surface area contributed by atoms with Gasteiger partial charge in [0.25, 0.3) is 5.91 Å². The first kappa shape index (κ1) is 30.4. The van der Waals surface area contributed by atoms with Crippen LogP contribution in [0.4, 0.5) is 16.5 Å². The summed E-state index contributed by atoms with van der Waals surface area (Å²) >= 11 is 1.55. The van der Waals surface area contributed by atoms with E-state index in [2.05, 4.69) is 30.2 Å². The van der Waals surface area contributed by atoms with E-state index in [4.69, 9.17) is 9.47 Å². The topological polar surface area (TPSA) is 141 Å². The van der Waals surface area contributed by atoms with E-state index in [1.54, 1.807) is 46.5 Å². The number of amides is 1. The van der Waals surface area contributed by atoms with Crippen molar-refractivity contribution in [2.24, 2.45) is 0 Å². The Kier molecular flexibility index (Phi) is 8.45. The minimum absolute atomic E-state index is 0.209. The van der Waals surface area contributed by atoms with Crippen molar-refractivity contribution in [2.45, 2.75) is 33.1 Å². The summed E-state index contributed by atoms with van der Waals surface area (Å²) in [5.74, 6) is -0.185. The maximum absolute atomic E-state index is 13.5. The van der Waals surface area contributed by atoms with Crippen molar-refractivity contribution >= 4 is 43.8 Å². The summed E-state index contributed by atoms with van der Waals surface area (Å²) in [6, 6.07) is 8.82. The maximum Gasteiger partial charge on any atom is 0.255 e. The zero-order valence-corrected chi connectivity index (χ0v) is 26.6. The molecule has 5 rings (SSSR count). The van der Waals surface area contributed by atoms with Gasteiger partial charge in [-0.05, 0) is 47.7 Å². The summed E-state index contributed by atoms with van der Waals surface area (Å²) in [4.78, 5) is 21.2. The lowest BCUT2D eigenvalue weighted by atomic mass is 9.86. The monoisotopic (exact) mass is 625 g/mol. The molecule has 12 nitrogen and oxygen atoms in total. The molecule has 2 aromatic carbocycles. The summed E-state index contributed by atoms with van der Waals surface area (Å²) in [7, 11) is -2.18. The molecule has 4 aromatic rings. The van der Waals surface area contributed by atoms with E-state index in [0.717, 1.165) is 40.5 Å². The number of aromatic nitrogens is 4. The number of carbonyl (C=O) groups excluding carboxylic acids is 1. The molecule has 0 unspecified atom stereocenters. The predicted octanol–water partition coefficient (Wildman–Crippen LogP) is 4.47. The summed E-state index contributed by atoms with van der Waals surface area (Å²) in [5.41, 5.74) is 3.73. The largest absolute Gasteiger partial charge is 0.492 e. The van der Waals surface area contributed by atoms with E-state index < -0.39 is 15.9 Å². The third kappa shape index (κ3) is 6.98. The van der Waals surface area contributed by atoms with Crippen LogP contribution in [-0.4, -0.2) is 74.0 Å². The third-order valence-electron chi connectivity index (χ3n) is 6.94. The van der Waals surface area contributed by atoms with Crippen LogP contribution < -0.4 is 19.7 Å². The second-order valence-electron chi connectivity index (χ2n) is 11.3. The first-order valence-corrected chi connectivity index (χ1v) is 16.4. The number of morpholine rings is 1. The quantitative estimate of drug-likeness (QED) is 0.290. The highest BCUT2D eigenvalue weighted by Crippen LogP contribution is 2.39. The number of rotatable bonds is 8. The normalized spacial score (nSPS) is 14.0. The first-order chi connectivity index (χ1) is 20.3. The highest BCUT2D eigenvalue weighted by atomic mass is 32.2. The van der Waals surface area contributed by atoms with E-state index in [-0.39, 0.29) is 16.9 Å². The van der Waals surface area contributed by atoms with Crippen molar-refractivity contribution in [2.75, 3.05) is 54.6 Å². The number of sulfonamides is 1. The molecule has 1 saturated heterocycles. The molecule has 0 radical (unpaired) electrons. The fourth-order valence-corrected chi connectivity index (χ4v) is 6.09. The van der Waals surface area contributed by atoms with Crippen LogP contribution in [0.15, 0.2) is 42.7 Å². The molecule has 14 heteroatoms. The van der Waals surface area contributed by atoms with Gasteiger partial charge in [0.05, 0.1) is 54.7 Å². The van der Waals surface area contributed by atoms with Crippen LogP contribution in [-0.2, 0) is 20.2 Å². The molecule has 0 aliphatic carbocycles. The number of methoxy groups -OCH3 is 1. The Labute approximate surface area is 255 Å². The highest BCUT2D eigenvalue weighted by Gasteiger charge is 2.23. The zero-order valence-electron chi connectivity index (χ0n) is 25.0. The van der Waals surface area contributed by atoms with Crippen LogP contribution in [0.2, 0.25) is 0 Å². The number of nitrogens with zero attached hydrogens (tertiary/aromatic N) is 5. The number of benzene rings is 2. The standard InChI is InChI=1S/C29H35N7O5S2/c1-18-7-8-19(27(37)31-21-14-20(29(2,3)4)15-22(26(21)40-5)33-43(6,38)39)13-24(18)36-17-23(32-34-36)25-16-30-28(42-25)35-9-11-41-12-10-35/h7-8,13-17,33H,9-12H2,1-6H3,(H,31,37). The molecule has 1 amide bonds. The van der Waals surface area contributed by atoms with Gasteiger partial charge in [-0.25, -0.2) is 18.1 Å². The zero-order chi connectivity index (χ0) is 30.9. The molecule has 0 saturated carbocycles. The Morgan fingerprint density at radius 1 is 1.12 bits per heavy atom. The minimum Gasteiger partial charge on any atom is -0.492 e. The molecule has 2 N–H and O–H groups in total. The van der Waals surface area contributed by atoms with Gasteiger partial charge in [-0.1, -0.05) is 43.4 Å². The fraction of sp³-hybridized carbons (Fsp3) is 0.379. The molecule has 2 aromatic heterocycles. The summed E-state index contributed by atoms with van der Waals surface area (Å²) in [6.45, 7) is 10.9. The van der Waals surface area contributed by atoms with Gasteiger partial charge >= 0.3 is 0 Å². The minimum atomic E-state index is -3.60. The number of thiazole rings is 1. The number of hydrogen-bond donors (Lipinski definition) is 2. The van der Waals surface area contributed by atoms with Gasteiger partial charge in [0, 0.05) is 24.8 Å². The van der Waals surface area contributed by atoms with E-state index >= 15 is 0 Å². The van der Waals surface area contributed by atoms with Crippen molar-refractivity contribution in [3.8, 4) is 22.0 Å². The van der Waals surface area contributed by atoms with E-state index in [0.29, 0.717) is 35.8 Å². The number of nitrogens with one attached hydrogen (secondary N) is 2. The molecule has 43 heavy (non-hydrogen) atoms. The van der Waals surface area contributed by atoms with Crippen LogP contribution >= 0.6 is 11.3 Å². The molecular weight excluding hydrogens is 590 g/mol. The van der Waals surface area contributed by atoms with Gasteiger partial charge in [0.15, 0.2) is 10.9 Å². The van der Waals surface area contributed by atoms with Crippen LogP contribution in [0.1, 0.15) is 42.3 Å². The van der Waals surface area contributed by atoms with Crippen molar-refractivity contribution in [3.63, 3.8) is 0 Å². The average molecular weight is 626 g/mol. The molecule has 228 valence electrons. The van der Waals surface area contributed by atoms with Gasteiger partial charge in [-0.3, -0.25) is 9.52 Å². The van der Waals surface area contributed by atoms with Gasteiger partial charge in [-0.15, -0.1) is 5.10 Å². The lowest BCUT2D eigenvalue weighted by molar-refractivity contribution is 0.102. The lowest BCUT2D eigenvalue weighted by Crippen LogP contribution is -2.36.